The Morgan fingerprint density at radius 3 is 2.42 bits per heavy atom. The Balaban J connectivity index is 2.04. The zero-order valence-corrected chi connectivity index (χ0v) is 14.9. The molecule has 4 rings (SSSR count). The zero-order chi connectivity index (χ0) is 19.3. The normalized spacial score (nSPS) is 46.2. The van der Waals surface area contributed by atoms with Crippen molar-refractivity contribution in [1.82, 2.24) is 0 Å². The minimum absolute atomic E-state index is 0.0950. The molecular weight excluding hydrogens is 348 g/mol. The van der Waals surface area contributed by atoms with Crippen LogP contribution in [0, 0.1) is 16.2 Å². The average Bonchev–Trinajstić information content (AvgIpc) is 3.08. The monoisotopic (exact) mass is 368 g/mol. The van der Waals surface area contributed by atoms with Crippen molar-refractivity contribution in [2.45, 2.75) is 64.6 Å². The molecule has 9 nitrogen and oxygen atoms in total. The molecule has 3 aliphatic heterocycles. The summed E-state index contributed by atoms with van der Waals surface area (Å²) in [4.78, 5) is 49.1. The Bertz CT molecular complexity index is 752. The highest BCUT2D eigenvalue weighted by molar-refractivity contribution is 5.95. The van der Waals surface area contributed by atoms with E-state index in [9.17, 15) is 24.3 Å². The SMILES string of the molecule is CC(=O)O[C@@H]1C(=O)OC2OC(=O)C34CC(=O)OC3C[C@@](O)(C(C)(C)C)C214. The van der Waals surface area contributed by atoms with E-state index in [2.05, 4.69) is 0 Å². The van der Waals surface area contributed by atoms with Gasteiger partial charge in [0.05, 0.1) is 12.0 Å². The Morgan fingerprint density at radius 1 is 1.19 bits per heavy atom. The lowest BCUT2D eigenvalue weighted by Crippen LogP contribution is -2.65. The van der Waals surface area contributed by atoms with Gasteiger partial charge in [0, 0.05) is 13.3 Å². The average molecular weight is 368 g/mol. The number of esters is 4. The lowest BCUT2D eigenvalue weighted by atomic mass is 9.52. The van der Waals surface area contributed by atoms with Crippen molar-refractivity contribution in [2.24, 2.45) is 16.2 Å². The molecule has 0 bridgehead atoms. The second-order valence-electron chi connectivity index (χ2n) is 8.47. The van der Waals surface area contributed by atoms with Gasteiger partial charge in [-0.15, -0.1) is 0 Å². The van der Waals surface area contributed by atoms with Gasteiger partial charge in [0.2, 0.25) is 6.10 Å². The second kappa shape index (κ2) is 4.57. The smallest absolute Gasteiger partial charge is 0.351 e. The fourth-order valence-electron chi connectivity index (χ4n) is 5.43. The number of carbonyl (C=O) groups is 4. The fraction of sp³-hybridized carbons (Fsp3) is 0.765. The van der Waals surface area contributed by atoms with E-state index in [1.54, 1.807) is 20.8 Å². The molecule has 9 heteroatoms. The van der Waals surface area contributed by atoms with Crippen LogP contribution in [0.15, 0.2) is 0 Å². The van der Waals surface area contributed by atoms with Crippen LogP contribution in [0.25, 0.3) is 0 Å². The molecule has 1 saturated carbocycles. The van der Waals surface area contributed by atoms with Crippen LogP contribution < -0.4 is 0 Å². The first-order valence-corrected chi connectivity index (χ1v) is 8.42. The maximum absolute atomic E-state index is 12.9. The highest BCUT2D eigenvalue weighted by Crippen LogP contribution is 2.75. The molecule has 3 heterocycles. The summed E-state index contributed by atoms with van der Waals surface area (Å²) < 4.78 is 21.1. The zero-order valence-electron chi connectivity index (χ0n) is 14.9. The van der Waals surface area contributed by atoms with E-state index in [0.29, 0.717) is 0 Å². The quantitative estimate of drug-likeness (QED) is 0.496. The Kier molecular flexibility index (Phi) is 3.03. The van der Waals surface area contributed by atoms with Gasteiger partial charge in [0.1, 0.15) is 16.9 Å². The van der Waals surface area contributed by atoms with Crippen LogP contribution >= 0.6 is 0 Å². The molecule has 142 valence electrons. The third-order valence-electron chi connectivity index (χ3n) is 6.48. The molecule has 0 aromatic carbocycles. The van der Waals surface area contributed by atoms with Crippen molar-refractivity contribution >= 4 is 23.9 Å². The summed E-state index contributed by atoms with van der Waals surface area (Å²) in [6, 6.07) is 0. The first-order valence-electron chi connectivity index (χ1n) is 8.42. The number of hydrogen-bond donors (Lipinski definition) is 1. The maximum Gasteiger partial charge on any atom is 0.351 e. The fourth-order valence-corrected chi connectivity index (χ4v) is 5.43. The van der Waals surface area contributed by atoms with Crippen LogP contribution in [0.2, 0.25) is 0 Å². The molecule has 0 aromatic heterocycles. The molecule has 26 heavy (non-hydrogen) atoms. The molecule has 4 fully saturated rings. The number of hydrogen-bond acceptors (Lipinski definition) is 9. The van der Waals surface area contributed by atoms with Crippen molar-refractivity contribution < 1.29 is 43.2 Å². The second-order valence-corrected chi connectivity index (χ2v) is 8.47. The summed E-state index contributed by atoms with van der Waals surface area (Å²) in [6.07, 6.45) is -4.51. The highest BCUT2D eigenvalue weighted by atomic mass is 16.7. The van der Waals surface area contributed by atoms with Gasteiger partial charge in [0.25, 0.3) is 6.29 Å². The predicted octanol–water partition coefficient (Wildman–Crippen LogP) is -0.173. The first-order chi connectivity index (χ1) is 11.9. The van der Waals surface area contributed by atoms with E-state index in [-0.39, 0.29) is 12.8 Å². The van der Waals surface area contributed by atoms with E-state index >= 15 is 0 Å². The molecule has 6 atom stereocenters. The van der Waals surface area contributed by atoms with Crippen molar-refractivity contribution in [2.75, 3.05) is 0 Å². The molecule has 1 aliphatic carbocycles. The van der Waals surface area contributed by atoms with E-state index in [0.717, 1.165) is 6.92 Å². The number of rotatable bonds is 1. The molecular formula is C17H20O9. The predicted molar refractivity (Wildman–Crippen MR) is 79.9 cm³/mol. The van der Waals surface area contributed by atoms with Gasteiger partial charge >= 0.3 is 23.9 Å². The van der Waals surface area contributed by atoms with Crippen LogP contribution in [0.3, 0.4) is 0 Å². The van der Waals surface area contributed by atoms with Crippen molar-refractivity contribution in [3.63, 3.8) is 0 Å². The Morgan fingerprint density at radius 2 is 1.85 bits per heavy atom. The van der Waals surface area contributed by atoms with Gasteiger partial charge in [0.15, 0.2) is 0 Å². The number of ether oxygens (including phenoxy) is 4. The largest absolute Gasteiger partial charge is 0.461 e. The molecule has 0 amide bonds. The van der Waals surface area contributed by atoms with E-state index in [1.165, 1.54) is 0 Å². The van der Waals surface area contributed by atoms with Gasteiger partial charge in [-0.25, -0.2) is 4.79 Å². The van der Waals surface area contributed by atoms with Gasteiger partial charge in [-0.1, -0.05) is 20.8 Å². The lowest BCUT2D eigenvalue weighted by molar-refractivity contribution is -0.229. The van der Waals surface area contributed by atoms with Crippen LogP contribution in [-0.4, -0.2) is 53.1 Å². The van der Waals surface area contributed by atoms with Gasteiger partial charge in [-0.3, -0.25) is 14.4 Å². The van der Waals surface area contributed by atoms with Crippen molar-refractivity contribution in [1.29, 1.82) is 0 Å². The van der Waals surface area contributed by atoms with Crippen LogP contribution in [0.1, 0.15) is 40.5 Å². The van der Waals surface area contributed by atoms with Crippen molar-refractivity contribution in [3.05, 3.63) is 0 Å². The number of carbonyl (C=O) groups excluding carboxylic acids is 4. The van der Waals surface area contributed by atoms with E-state index < -0.39 is 64.2 Å². The van der Waals surface area contributed by atoms with Gasteiger partial charge in [-0.05, 0) is 5.41 Å². The molecule has 4 unspecified atom stereocenters. The summed E-state index contributed by atoms with van der Waals surface area (Å²) >= 11 is 0. The minimum atomic E-state index is -1.77. The first kappa shape index (κ1) is 17.3. The molecule has 1 N–H and O–H groups in total. The van der Waals surface area contributed by atoms with Crippen molar-refractivity contribution in [3.8, 4) is 0 Å². The summed E-state index contributed by atoms with van der Waals surface area (Å²) in [5, 5.41) is 11.8. The molecule has 4 aliphatic rings. The summed E-state index contributed by atoms with van der Waals surface area (Å²) in [7, 11) is 0. The Labute approximate surface area is 148 Å². The summed E-state index contributed by atoms with van der Waals surface area (Å²) in [6.45, 7) is 6.30. The minimum Gasteiger partial charge on any atom is -0.461 e. The maximum atomic E-state index is 12.9. The number of aliphatic hydroxyl groups is 1. The molecule has 3 saturated heterocycles. The molecule has 0 radical (unpaired) electrons. The Hall–Kier alpha value is -2.16. The van der Waals surface area contributed by atoms with E-state index in [1.807, 2.05) is 0 Å². The third-order valence-corrected chi connectivity index (χ3v) is 6.48. The van der Waals surface area contributed by atoms with Gasteiger partial charge < -0.3 is 24.1 Å². The topological polar surface area (TPSA) is 125 Å². The van der Waals surface area contributed by atoms with E-state index in [4.69, 9.17) is 18.9 Å². The van der Waals surface area contributed by atoms with Crippen LogP contribution in [0.5, 0.6) is 0 Å². The highest BCUT2D eigenvalue weighted by Gasteiger charge is 2.93. The lowest BCUT2D eigenvalue weighted by Gasteiger charge is -2.50. The molecule has 0 aromatic rings. The van der Waals surface area contributed by atoms with Crippen LogP contribution in [0.4, 0.5) is 0 Å². The third kappa shape index (κ3) is 1.53. The summed E-state index contributed by atoms with van der Waals surface area (Å²) in [5.41, 5.74) is -6.04. The molecule has 2 spiro atoms. The standard InChI is InChI=1S/C17H20O9/c1-7(18)23-10-11(20)25-13-17(10)15(12(21)26-13)6-9(19)24-8(15)5-16(17,22)14(2,3)4/h8,10,13,22H,5-6H2,1-4H3/t8?,10-,13?,15?,16-,17?/m1/s1. The van der Waals surface area contributed by atoms with Gasteiger partial charge in [-0.2, -0.15) is 0 Å². The van der Waals surface area contributed by atoms with Crippen LogP contribution in [-0.2, 0) is 38.1 Å². The summed E-state index contributed by atoms with van der Waals surface area (Å²) in [5.74, 6) is -3.12.